The molecular weight excluding hydrogens is 825 g/mol. The number of fused-ring (bicyclic) bond motifs is 17. The second-order valence-corrected chi connectivity index (χ2v) is 18.3. The maximum absolute atomic E-state index is 7.05. The molecule has 0 fully saturated rings. The van der Waals surface area contributed by atoms with Gasteiger partial charge in [-0.3, -0.25) is 0 Å². The molecule has 2 aliphatic carbocycles. The Bertz CT molecular complexity index is 4160. The van der Waals surface area contributed by atoms with Crippen molar-refractivity contribution in [3.63, 3.8) is 0 Å². The molecule has 0 aliphatic heterocycles. The highest BCUT2D eigenvalue weighted by atomic mass is 16.3. The molecule has 0 N–H and O–H groups in total. The number of benzene rings is 11. The van der Waals surface area contributed by atoms with Crippen LogP contribution in [-0.4, -0.2) is 4.57 Å². The van der Waals surface area contributed by atoms with Crippen LogP contribution in [0.1, 0.15) is 22.3 Å². The average Bonchev–Trinajstić information content (AvgIpc) is 4.13. The van der Waals surface area contributed by atoms with Crippen molar-refractivity contribution in [2.24, 2.45) is 0 Å². The van der Waals surface area contributed by atoms with Gasteiger partial charge in [0.05, 0.1) is 38.9 Å². The van der Waals surface area contributed by atoms with Gasteiger partial charge in [-0.25, -0.2) is 0 Å². The fraction of sp³-hybridized carbons (Fsp3) is 0.0154. The van der Waals surface area contributed by atoms with Crippen LogP contribution in [0.3, 0.4) is 0 Å². The van der Waals surface area contributed by atoms with Gasteiger partial charge in [0.15, 0.2) is 0 Å². The molecule has 1 spiro atoms. The SMILES string of the molecule is c1ccc(-c2ccc3c(c2)c2c(N(c4ccccc4)c4cccc5c4-c4ccccc4C54c5ccccc5-c5ccccc54)c4c(cc2n3-c2cccc3ccccc23)oc2ccccc24)cc1. The van der Waals surface area contributed by atoms with Crippen LogP contribution in [-0.2, 0) is 5.41 Å². The zero-order valence-electron chi connectivity index (χ0n) is 36.9. The van der Waals surface area contributed by atoms with E-state index in [4.69, 9.17) is 4.42 Å². The Morgan fingerprint density at radius 1 is 0.382 bits per heavy atom. The van der Waals surface area contributed by atoms with Crippen molar-refractivity contribution < 1.29 is 4.42 Å². The molecule has 15 rings (SSSR count). The summed E-state index contributed by atoms with van der Waals surface area (Å²) in [6.07, 6.45) is 0. The maximum Gasteiger partial charge on any atom is 0.139 e. The van der Waals surface area contributed by atoms with E-state index < -0.39 is 5.41 Å². The van der Waals surface area contributed by atoms with Crippen LogP contribution >= 0.6 is 0 Å². The number of aromatic nitrogens is 1. The van der Waals surface area contributed by atoms with Gasteiger partial charge >= 0.3 is 0 Å². The molecule has 0 amide bonds. The predicted octanol–water partition coefficient (Wildman–Crippen LogP) is 17.3. The van der Waals surface area contributed by atoms with Crippen LogP contribution in [0.2, 0.25) is 0 Å². The molecule has 13 aromatic rings. The Balaban J connectivity index is 1.14. The van der Waals surface area contributed by atoms with Gasteiger partial charge in [-0.05, 0) is 97.9 Å². The molecule has 3 nitrogen and oxygen atoms in total. The molecule has 0 saturated heterocycles. The average molecular weight is 865 g/mol. The summed E-state index contributed by atoms with van der Waals surface area (Å²) in [4.78, 5) is 2.57. The highest BCUT2D eigenvalue weighted by Gasteiger charge is 2.52. The minimum absolute atomic E-state index is 0.504. The maximum atomic E-state index is 7.05. The summed E-state index contributed by atoms with van der Waals surface area (Å²) < 4.78 is 9.53. The van der Waals surface area contributed by atoms with Crippen molar-refractivity contribution >= 4 is 71.6 Å². The lowest BCUT2D eigenvalue weighted by molar-refractivity contribution is 0.669. The normalized spacial score (nSPS) is 13.1. The number of furan rings is 1. The predicted molar refractivity (Wildman–Crippen MR) is 282 cm³/mol. The highest BCUT2D eigenvalue weighted by Crippen LogP contribution is 2.65. The van der Waals surface area contributed by atoms with Crippen molar-refractivity contribution in [1.29, 1.82) is 0 Å². The lowest BCUT2D eigenvalue weighted by Crippen LogP contribution is -2.26. The molecule has 0 unspecified atom stereocenters. The van der Waals surface area contributed by atoms with Crippen molar-refractivity contribution in [3.05, 3.63) is 265 Å². The van der Waals surface area contributed by atoms with E-state index in [-0.39, 0.29) is 0 Å². The molecule has 11 aromatic carbocycles. The fourth-order valence-electron chi connectivity index (χ4n) is 12.3. The summed E-state index contributed by atoms with van der Waals surface area (Å²) in [7, 11) is 0. The lowest BCUT2D eigenvalue weighted by Gasteiger charge is -2.32. The first-order valence-corrected chi connectivity index (χ1v) is 23.5. The van der Waals surface area contributed by atoms with Gasteiger partial charge < -0.3 is 13.9 Å². The third-order valence-electron chi connectivity index (χ3n) is 15.0. The van der Waals surface area contributed by atoms with E-state index in [2.05, 4.69) is 252 Å². The van der Waals surface area contributed by atoms with Crippen molar-refractivity contribution in [1.82, 2.24) is 4.57 Å². The van der Waals surface area contributed by atoms with Gasteiger partial charge in [0.2, 0.25) is 0 Å². The van der Waals surface area contributed by atoms with Gasteiger partial charge in [0, 0.05) is 38.9 Å². The quantitative estimate of drug-likeness (QED) is 0.172. The number of anilines is 3. The third-order valence-corrected chi connectivity index (χ3v) is 15.0. The highest BCUT2D eigenvalue weighted by molar-refractivity contribution is 6.29. The van der Waals surface area contributed by atoms with E-state index in [1.165, 1.54) is 71.8 Å². The van der Waals surface area contributed by atoms with Crippen LogP contribution in [0.25, 0.3) is 93.6 Å². The lowest BCUT2D eigenvalue weighted by atomic mass is 9.70. The number of rotatable bonds is 5. The smallest absolute Gasteiger partial charge is 0.139 e. The molecule has 0 bridgehead atoms. The standard InChI is InChI=1S/C65H40N2O/c1-3-19-41(20-4-1)43-37-38-56-50(39-43)62-58(67(56)55-34-17-22-42-21-7-8-25-45(42)55)40-60-63(49-29-12-16-36-59(49)68-60)64(62)66(44-23-5-2-6-24-44)57-35-18-33-54-61(57)48-28-11-15-32-53(48)65(54)51-30-13-9-26-46(51)47-27-10-14-31-52(47)65/h1-40H. The van der Waals surface area contributed by atoms with Crippen LogP contribution in [0.5, 0.6) is 0 Å². The third kappa shape index (κ3) is 4.92. The first kappa shape index (κ1) is 37.3. The number of para-hydroxylation sites is 2. The summed E-state index contributed by atoms with van der Waals surface area (Å²) in [6.45, 7) is 0. The molecule has 2 aliphatic rings. The zero-order valence-corrected chi connectivity index (χ0v) is 36.9. The molecule has 3 heteroatoms. The second kappa shape index (κ2) is 14.0. The van der Waals surface area contributed by atoms with Gasteiger partial charge in [-0.15, -0.1) is 0 Å². The molecule has 2 aromatic heterocycles. The summed E-state index contributed by atoms with van der Waals surface area (Å²) in [5.74, 6) is 0. The van der Waals surface area contributed by atoms with Crippen LogP contribution in [0.15, 0.2) is 247 Å². The molecule has 0 radical (unpaired) electrons. The van der Waals surface area contributed by atoms with Gasteiger partial charge in [0.25, 0.3) is 0 Å². The van der Waals surface area contributed by atoms with Crippen LogP contribution in [0.4, 0.5) is 17.1 Å². The largest absolute Gasteiger partial charge is 0.456 e. The van der Waals surface area contributed by atoms with E-state index >= 15 is 0 Å². The van der Waals surface area contributed by atoms with E-state index in [0.29, 0.717) is 0 Å². The molecule has 0 saturated carbocycles. The summed E-state index contributed by atoms with van der Waals surface area (Å²) >= 11 is 0. The topological polar surface area (TPSA) is 21.3 Å². The number of hydrogen-bond donors (Lipinski definition) is 0. The summed E-state index contributed by atoms with van der Waals surface area (Å²) in [5, 5.41) is 6.86. The van der Waals surface area contributed by atoms with Gasteiger partial charge in [-0.2, -0.15) is 0 Å². The monoisotopic (exact) mass is 864 g/mol. The molecule has 316 valence electrons. The van der Waals surface area contributed by atoms with E-state index in [9.17, 15) is 0 Å². The van der Waals surface area contributed by atoms with E-state index in [0.717, 1.165) is 61.1 Å². The number of hydrogen-bond acceptors (Lipinski definition) is 2. The van der Waals surface area contributed by atoms with Gasteiger partial charge in [0.1, 0.15) is 11.2 Å². The minimum Gasteiger partial charge on any atom is -0.456 e. The molecule has 68 heavy (non-hydrogen) atoms. The van der Waals surface area contributed by atoms with Crippen molar-refractivity contribution in [2.75, 3.05) is 4.90 Å². The first-order valence-electron chi connectivity index (χ1n) is 23.5. The van der Waals surface area contributed by atoms with Crippen LogP contribution in [0, 0.1) is 0 Å². The second-order valence-electron chi connectivity index (χ2n) is 18.3. The van der Waals surface area contributed by atoms with E-state index in [1.54, 1.807) is 0 Å². The molecule has 0 atom stereocenters. The number of nitrogens with zero attached hydrogens (tertiary/aromatic N) is 2. The summed E-state index contributed by atoms with van der Waals surface area (Å²) in [6, 6.07) is 89.3. The fourth-order valence-corrected chi connectivity index (χ4v) is 12.3. The van der Waals surface area contributed by atoms with E-state index in [1.807, 2.05) is 0 Å². The van der Waals surface area contributed by atoms with Crippen LogP contribution < -0.4 is 4.90 Å². The van der Waals surface area contributed by atoms with Crippen molar-refractivity contribution in [3.8, 4) is 39.1 Å². The zero-order chi connectivity index (χ0) is 44.5. The minimum atomic E-state index is -0.504. The Kier molecular flexibility index (Phi) is 7.71. The molecule has 2 heterocycles. The van der Waals surface area contributed by atoms with Gasteiger partial charge in [-0.1, -0.05) is 194 Å². The Labute approximate surface area is 393 Å². The summed E-state index contributed by atoms with van der Waals surface area (Å²) in [5.41, 5.74) is 20.5. The Morgan fingerprint density at radius 2 is 0.985 bits per heavy atom. The van der Waals surface area contributed by atoms with Crippen molar-refractivity contribution in [2.45, 2.75) is 5.41 Å². The Morgan fingerprint density at radius 3 is 1.76 bits per heavy atom. The first-order chi connectivity index (χ1) is 33.8. The Hall–Kier alpha value is -8.92. The molecular formula is C65H40N2O.